The molecule has 1 aromatic rings. The van der Waals surface area contributed by atoms with Crippen molar-refractivity contribution in [1.29, 1.82) is 0 Å². The van der Waals surface area contributed by atoms with Gasteiger partial charge in [0.15, 0.2) is 0 Å². The Labute approximate surface area is 127 Å². The molecule has 116 valence electrons. The summed E-state index contributed by atoms with van der Waals surface area (Å²) in [6, 6.07) is 10.8. The zero-order chi connectivity index (χ0) is 15.5. The number of nitrogens with zero attached hydrogens (tertiary/aromatic N) is 2. The van der Waals surface area contributed by atoms with Crippen LogP contribution in [0.3, 0.4) is 0 Å². The van der Waals surface area contributed by atoms with Crippen molar-refractivity contribution >= 4 is 6.09 Å². The fourth-order valence-corrected chi connectivity index (χ4v) is 3.28. The number of carbonyl (C=O) groups is 1. The predicted molar refractivity (Wildman–Crippen MR) is 83.8 cm³/mol. The Morgan fingerprint density at radius 1 is 1.29 bits per heavy atom. The van der Waals surface area contributed by atoms with Gasteiger partial charge in [-0.1, -0.05) is 37.3 Å². The first-order valence-electron chi connectivity index (χ1n) is 7.72. The number of hydrogen-bond donors (Lipinski definition) is 0. The molecule has 21 heavy (non-hydrogen) atoms. The van der Waals surface area contributed by atoms with Crippen molar-refractivity contribution in [3.8, 4) is 0 Å². The third kappa shape index (κ3) is 3.63. The van der Waals surface area contributed by atoms with Gasteiger partial charge < -0.3 is 4.74 Å². The number of likely N-dealkylation sites (N-methyl/N-ethyl adjacent to an activating group) is 1. The van der Waals surface area contributed by atoms with Gasteiger partial charge in [0.25, 0.3) is 0 Å². The van der Waals surface area contributed by atoms with Crippen LogP contribution < -0.4 is 0 Å². The highest BCUT2D eigenvalue weighted by atomic mass is 16.6. The van der Waals surface area contributed by atoms with E-state index in [9.17, 15) is 4.79 Å². The largest absolute Gasteiger partial charge is 0.515 e. The molecular weight excluding hydrogens is 264 g/mol. The summed E-state index contributed by atoms with van der Waals surface area (Å²) in [6.07, 6.45) is -0.129. The van der Waals surface area contributed by atoms with E-state index >= 15 is 0 Å². The highest BCUT2D eigenvalue weighted by Gasteiger charge is 2.45. The summed E-state index contributed by atoms with van der Waals surface area (Å²) >= 11 is 0. The zero-order valence-corrected chi connectivity index (χ0v) is 13.6. The highest BCUT2D eigenvalue weighted by Crippen LogP contribution is 2.27. The van der Waals surface area contributed by atoms with Crippen molar-refractivity contribution < 1.29 is 14.0 Å². The van der Waals surface area contributed by atoms with E-state index < -0.39 is 0 Å². The molecule has 0 aromatic heterocycles. The Bertz CT molecular complexity index is 473. The van der Waals surface area contributed by atoms with Crippen LogP contribution in [-0.4, -0.2) is 55.3 Å². The maximum absolute atomic E-state index is 12.2. The fraction of sp³-hybridized carbons (Fsp3) is 0.588. The second-order valence-electron chi connectivity index (χ2n) is 6.46. The minimum atomic E-state index is -0.129. The third-order valence-corrected chi connectivity index (χ3v) is 4.46. The van der Waals surface area contributed by atoms with E-state index in [2.05, 4.69) is 36.1 Å². The lowest BCUT2D eigenvalue weighted by Gasteiger charge is -2.33. The summed E-state index contributed by atoms with van der Waals surface area (Å²) in [6.45, 7) is 7.44. The molecule has 1 fully saturated rings. The smallest absolute Gasteiger partial charge is 0.420 e. The summed E-state index contributed by atoms with van der Waals surface area (Å²) in [7, 11) is 3.93. The van der Waals surface area contributed by atoms with Crippen LogP contribution in [-0.2, 0) is 11.3 Å². The quantitative estimate of drug-likeness (QED) is 0.799. The number of benzene rings is 1. The molecule has 0 unspecified atom stereocenters. The molecule has 0 saturated carbocycles. The highest BCUT2D eigenvalue weighted by molar-refractivity contribution is 5.59. The average molecular weight is 291 g/mol. The minimum absolute atomic E-state index is 0.129. The molecule has 2 rings (SSSR count). The van der Waals surface area contributed by atoms with Crippen LogP contribution in [0.15, 0.2) is 30.3 Å². The first-order valence-corrected chi connectivity index (χ1v) is 7.72. The fourth-order valence-electron chi connectivity index (χ4n) is 3.28. The number of amides is 1. The summed E-state index contributed by atoms with van der Waals surface area (Å²) < 4.78 is 5.54. The maximum atomic E-state index is 12.2. The molecule has 0 aliphatic carbocycles. The van der Waals surface area contributed by atoms with Gasteiger partial charge in [0.2, 0.25) is 0 Å². The van der Waals surface area contributed by atoms with E-state index in [1.165, 1.54) is 5.56 Å². The van der Waals surface area contributed by atoms with Gasteiger partial charge in [-0.25, -0.2) is 4.48 Å². The van der Waals surface area contributed by atoms with E-state index in [1.54, 1.807) is 0 Å². The Hall–Kier alpha value is -1.39. The Kier molecular flexibility index (Phi) is 5.01. The lowest BCUT2D eigenvalue weighted by atomic mass is 10.0. The van der Waals surface area contributed by atoms with Gasteiger partial charge in [0.1, 0.15) is 6.04 Å². The normalized spacial score (nSPS) is 23.2. The van der Waals surface area contributed by atoms with E-state index in [-0.39, 0.29) is 12.1 Å². The third-order valence-electron chi connectivity index (χ3n) is 4.46. The molecule has 1 aliphatic rings. The van der Waals surface area contributed by atoms with Crippen LogP contribution in [0.2, 0.25) is 0 Å². The van der Waals surface area contributed by atoms with Gasteiger partial charge in [-0.3, -0.25) is 4.90 Å². The number of carbonyl (C=O) groups excluding carboxylic acids is 1. The van der Waals surface area contributed by atoms with Gasteiger partial charge in [-0.15, -0.1) is 0 Å². The van der Waals surface area contributed by atoms with Crippen LogP contribution in [0.1, 0.15) is 19.4 Å². The van der Waals surface area contributed by atoms with Gasteiger partial charge in [-0.05, 0) is 12.5 Å². The Morgan fingerprint density at radius 2 is 1.95 bits per heavy atom. The number of likely N-dealkylation sites (tertiary alicyclic amines) is 1. The van der Waals surface area contributed by atoms with Crippen LogP contribution in [0.5, 0.6) is 0 Å². The van der Waals surface area contributed by atoms with Crippen molar-refractivity contribution in [2.75, 3.05) is 33.8 Å². The number of hydrogen-bond acceptors (Lipinski definition) is 3. The first-order chi connectivity index (χ1) is 9.95. The molecule has 1 aromatic carbocycles. The molecule has 1 aliphatic heterocycles. The van der Waals surface area contributed by atoms with E-state index in [1.807, 2.05) is 27.1 Å². The molecule has 0 bridgehead atoms. The first kappa shape index (κ1) is 16.0. The van der Waals surface area contributed by atoms with E-state index in [0.717, 1.165) is 19.6 Å². The summed E-state index contributed by atoms with van der Waals surface area (Å²) in [5, 5.41) is 0. The second kappa shape index (κ2) is 6.58. The van der Waals surface area contributed by atoms with Gasteiger partial charge in [-0.2, -0.15) is 4.79 Å². The molecule has 1 heterocycles. The summed E-state index contributed by atoms with van der Waals surface area (Å²) in [4.78, 5) is 14.6. The van der Waals surface area contributed by atoms with Crippen molar-refractivity contribution in [3.63, 3.8) is 0 Å². The summed E-state index contributed by atoms with van der Waals surface area (Å²) in [5.41, 5.74) is 1.33. The Morgan fingerprint density at radius 3 is 2.57 bits per heavy atom. The molecule has 0 spiro atoms. The van der Waals surface area contributed by atoms with Crippen LogP contribution in [0.25, 0.3) is 0 Å². The van der Waals surface area contributed by atoms with Gasteiger partial charge >= 0.3 is 6.09 Å². The lowest BCUT2D eigenvalue weighted by Crippen LogP contribution is -2.56. The molecule has 0 N–H and O–H groups in total. The molecule has 1 amide bonds. The number of rotatable bonds is 4. The number of quaternary nitrogens is 1. The Balaban J connectivity index is 2.02. The SMILES string of the molecule is CCOC(=O)[N+](C)(C)[C@H]1CN(Cc2ccccc2)C[C@H]1C. The average Bonchev–Trinajstić information content (AvgIpc) is 2.81. The van der Waals surface area contributed by atoms with Gasteiger partial charge in [0, 0.05) is 19.0 Å². The van der Waals surface area contributed by atoms with Crippen LogP contribution >= 0.6 is 0 Å². The standard InChI is InChI=1S/C17H27N2O2/c1-5-21-17(20)19(3,4)16-13-18(11-14(16)2)12-15-9-7-6-8-10-15/h6-10,14,16H,5,11-13H2,1-4H3/q+1/t14-,16+/m1/s1. The van der Waals surface area contributed by atoms with E-state index in [4.69, 9.17) is 4.74 Å². The lowest BCUT2D eigenvalue weighted by molar-refractivity contribution is -0.845. The molecule has 4 heteroatoms. The number of ether oxygens (including phenoxy) is 1. The van der Waals surface area contributed by atoms with Crippen LogP contribution in [0.4, 0.5) is 4.79 Å². The molecule has 2 atom stereocenters. The second-order valence-corrected chi connectivity index (χ2v) is 6.46. The molecule has 1 saturated heterocycles. The van der Waals surface area contributed by atoms with Crippen molar-refractivity contribution in [2.24, 2.45) is 5.92 Å². The maximum Gasteiger partial charge on any atom is 0.515 e. The minimum Gasteiger partial charge on any atom is -0.420 e. The molecule has 4 nitrogen and oxygen atoms in total. The van der Waals surface area contributed by atoms with Crippen molar-refractivity contribution in [1.82, 2.24) is 4.90 Å². The molecule has 0 radical (unpaired) electrons. The summed E-state index contributed by atoms with van der Waals surface area (Å²) in [5.74, 6) is 0.480. The monoisotopic (exact) mass is 291 g/mol. The molecular formula is C17H27N2O2+. The zero-order valence-electron chi connectivity index (χ0n) is 13.6. The van der Waals surface area contributed by atoms with E-state index in [0.29, 0.717) is 17.0 Å². The predicted octanol–water partition coefficient (Wildman–Crippen LogP) is 2.74. The van der Waals surface area contributed by atoms with Crippen LogP contribution in [0, 0.1) is 5.92 Å². The van der Waals surface area contributed by atoms with Crippen molar-refractivity contribution in [3.05, 3.63) is 35.9 Å². The van der Waals surface area contributed by atoms with Crippen molar-refractivity contribution in [2.45, 2.75) is 26.4 Å². The van der Waals surface area contributed by atoms with Gasteiger partial charge in [0.05, 0.1) is 27.2 Å². The topological polar surface area (TPSA) is 29.5 Å².